The number of hydrogen-bond acceptors (Lipinski definition) is 4. The molecule has 7 heteroatoms. The third-order valence-electron chi connectivity index (χ3n) is 2.59. The molecule has 2 rings (SSSR count). The number of carbonyl (C=O) groups is 1. The van der Waals surface area contributed by atoms with E-state index in [1.807, 2.05) is 0 Å². The van der Waals surface area contributed by atoms with E-state index in [1.54, 1.807) is 11.4 Å². The van der Waals surface area contributed by atoms with Gasteiger partial charge in [0.2, 0.25) is 5.91 Å². The van der Waals surface area contributed by atoms with Crippen molar-refractivity contribution < 1.29 is 13.2 Å². The lowest BCUT2D eigenvalue weighted by Gasteiger charge is -2.20. The predicted molar refractivity (Wildman–Crippen MR) is 60.4 cm³/mol. The van der Waals surface area contributed by atoms with Crippen molar-refractivity contribution in [2.45, 2.75) is 23.1 Å². The van der Waals surface area contributed by atoms with E-state index in [0.29, 0.717) is 19.4 Å². The molecule has 0 radical (unpaired) electrons. The first-order chi connectivity index (χ1) is 7.53. The van der Waals surface area contributed by atoms with Crippen LogP contribution < -0.4 is 5.73 Å². The molecule has 1 amide bonds. The highest BCUT2D eigenvalue weighted by molar-refractivity contribution is 7.91. The van der Waals surface area contributed by atoms with Gasteiger partial charge in [0, 0.05) is 6.54 Å². The fourth-order valence-electron chi connectivity index (χ4n) is 1.84. The maximum absolute atomic E-state index is 12.1. The highest BCUT2D eigenvalue weighted by Gasteiger charge is 2.38. The lowest BCUT2D eigenvalue weighted by molar-refractivity contribution is -0.121. The molecular weight excluding hydrogens is 248 g/mol. The Bertz CT molecular complexity index is 481. The number of hydrogen-bond donors (Lipinski definition) is 1. The van der Waals surface area contributed by atoms with E-state index in [-0.39, 0.29) is 4.21 Å². The molecular formula is C9H12N2O3S2. The SMILES string of the molecule is NC(=O)[C@H]1CCCN1S(=O)(=O)c1cccs1. The van der Waals surface area contributed by atoms with Crippen LogP contribution in [0.25, 0.3) is 0 Å². The van der Waals surface area contributed by atoms with Crippen LogP contribution in [0.3, 0.4) is 0 Å². The minimum atomic E-state index is -3.54. The van der Waals surface area contributed by atoms with Gasteiger partial charge in [-0.1, -0.05) is 6.07 Å². The summed E-state index contributed by atoms with van der Waals surface area (Å²) in [6, 6.07) is 2.52. The van der Waals surface area contributed by atoms with E-state index in [0.717, 1.165) is 11.3 Å². The molecule has 0 unspecified atom stereocenters. The lowest BCUT2D eigenvalue weighted by atomic mass is 10.2. The fraction of sp³-hybridized carbons (Fsp3) is 0.444. The molecule has 2 heterocycles. The van der Waals surface area contributed by atoms with Crippen LogP contribution in [0.4, 0.5) is 0 Å². The standard InChI is InChI=1S/C9H12N2O3S2/c10-9(12)7-3-1-5-11(7)16(13,14)8-4-2-6-15-8/h2,4,6-7H,1,3,5H2,(H2,10,12)/t7-/m1/s1. The second-order valence-electron chi connectivity index (χ2n) is 3.61. The molecule has 5 nitrogen and oxygen atoms in total. The number of nitrogens with zero attached hydrogens (tertiary/aromatic N) is 1. The van der Waals surface area contributed by atoms with Gasteiger partial charge in [-0.25, -0.2) is 8.42 Å². The van der Waals surface area contributed by atoms with Crippen LogP contribution in [0, 0.1) is 0 Å². The van der Waals surface area contributed by atoms with Crippen molar-refractivity contribution in [2.24, 2.45) is 5.73 Å². The zero-order valence-electron chi connectivity index (χ0n) is 8.50. The van der Waals surface area contributed by atoms with Gasteiger partial charge in [-0.05, 0) is 24.3 Å². The fourth-order valence-corrected chi connectivity index (χ4v) is 4.62. The third-order valence-corrected chi connectivity index (χ3v) is 5.87. The maximum Gasteiger partial charge on any atom is 0.253 e. The summed E-state index contributed by atoms with van der Waals surface area (Å²) in [6.07, 6.45) is 1.19. The molecule has 0 saturated carbocycles. The van der Waals surface area contributed by atoms with Crippen molar-refractivity contribution in [3.05, 3.63) is 17.5 Å². The van der Waals surface area contributed by atoms with Crippen molar-refractivity contribution >= 4 is 27.3 Å². The molecule has 88 valence electrons. The van der Waals surface area contributed by atoms with E-state index in [2.05, 4.69) is 0 Å². The Hall–Kier alpha value is -0.920. The second kappa shape index (κ2) is 4.15. The van der Waals surface area contributed by atoms with Gasteiger partial charge in [0.15, 0.2) is 0 Å². The van der Waals surface area contributed by atoms with E-state index in [1.165, 1.54) is 10.4 Å². The Kier molecular flexibility index (Phi) is 3.00. The van der Waals surface area contributed by atoms with Crippen LogP contribution in [0.15, 0.2) is 21.7 Å². The van der Waals surface area contributed by atoms with Crippen molar-refractivity contribution in [1.29, 1.82) is 0 Å². The van der Waals surface area contributed by atoms with Crippen LogP contribution in [-0.2, 0) is 14.8 Å². The van der Waals surface area contributed by atoms with Crippen LogP contribution in [0.2, 0.25) is 0 Å². The number of carbonyl (C=O) groups excluding carboxylic acids is 1. The first kappa shape index (κ1) is 11.6. The van der Waals surface area contributed by atoms with Gasteiger partial charge in [0.1, 0.15) is 10.3 Å². The molecule has 1 fully saturated rings. The van der Waals surface area contributed by atoms with Crippen molar-refractivity contribution in [3.8, 4) is 0 Å². The monoisotopic (exact) mass is 260 g/mol. The summed E-state index contributed by atoms with van der Waals surface area (Å²) in [4.78, 5) is 11.1. The number of amides is 1. The second-order valence-corrected chi connectivity index (χ2v) is 6.67. The average Bonchev–Trinajstić information content (AvgIpc) is 2.89. The molecule has 1 aromatic rings. The summed E-state index contributed by atoms with van der Waals surface area (Å²) in [5, 5.41) is 1.70. The van der Waals surface area contributed by atoms with Gasteiger partial charge in [-0.15, -0.1) is 11.3 Å². The zero-order chi connectivity index (χ0) is 11.8. The summed E-state index contributed by atoms with van der Waals surface area (Å²) >= 11 is 1.15. The molecule has 0 aromatic carbocycles. The first-order valence-electron chi connectivity index (χ1n) is 4.88. The molecule has 0 spiro atoms. The van der Waals surface area contributed by atoms with Gasteiger partial charge in [-0.2, -0.15) is 4.31 Å². The minimum absolute atomic E-state index is 0.264. The number of primary amides is 1. The van der Waals surface area contributed by atoms with E-state index in [4.69, 9.17) is 5.73 Å². The quantitative estimate of drug-likeness (QED) is 0.853. The van der Waals surface area contributed by atoms with Gasteiger partial charge >= 0.3 is 0 Å². The van der Waals surface area contributed by atoms with Gasteiger partial charge < -0.3 is 5.73 Å². The Balaban J connectivity index is 2.34. The van der Waals surface area contributed by atoms with Crippen LogP contribution in [0.1, 0.15) is 12.8 Å². The molecule has 0 bridgehead atoms. The van der Waals surface area contributed by atoms with Crippen molar-refractivity contribution in [2.75, 3.05) is 6.54 Å². The van der Waals surface area contributed by atoms with E-state index < -0.39 is 22.0 Å². The average molecular weight is 260 g/mol. The zero-order valence-corrected chi connectivity index (χ0v) is 10.1. The van der Waals surface area contributed by atoms with Crippen LogP contribution >= 0.6 is 11.3 Å². The molecule has 16 heavy (non-hydrogen) atoms. The summed E-state index contributed by atoms with van der Waals surface area (Å²) in [6.45, 7) is 0.369. The normalized spacial score (nSPS) is 22.4. The van der Waals surface area contributed by atoms with Crippen molar-refractivity contribution in [3.63, 3.8) is 0 Å². The molecule has 1 atom stereocenters. The topological polar surface area (TPSA) is 80.5 Å². The van der Waals surface area contributed by atoms with Gasteiger partial charge in [0.05, 0.1) is 0 Å². The number of rotatable bonds is 3. The number of thiophene rings is 1. The molecule has 0 aliphatic carbocycles. The number of nitrogens with two attached hydrogens (primary N) is 1. The predicted octanol–water partition coefficient (Wildman–Crippen LogP) is 0.387. The molecule has 1 aromatic heterocycles. The summed E-state index contributed by atoms with van der Waals surface area (Å²) in [7, 11) is -3.54. The highest BCUT2D eigenvalue weighted by atomic mass is 32.2. The Morgan fingerprint density at radius 3 is 2.88 bits per heavy atom. The minimum Gasteiger partial charge on any atom is -0.368 e. The molecule has 2 N–H and O–H groups in total. The Labute approximate surface area is 97.9 Å². The molecule has 1 aliphatic heterocycles. The molecule has 1 aliphatic rings. The largest absolute Gasteiger partial charge is 0.368 e. The van der Waals surface area contributed by atoms with E-state index in [9.17, 15) is 13.2 Å². The Morgan fingerprint density at radius 1 is 1.56 bits per heavy atom. The lowest BCUT2D eigenvalue weighted by Crippen LogP contribution is -2.43. The maximum atomic E-state index is 12.1. The van der Waals surface area contributed by atoms with Crippen molar-refractivity contribution in [1.82, 2.24) is 4.31 Å². The summed E-state index contributed by atoms with van der Waals surface area (Å²) < 4.78 is 25.8. The van der Waals surface area contributed by atoms with Crippen LogP contribution in [-0.4, -0.2) is 31.2 Å². The van der Waals surface area contributed by atoms with Gasteiger partial charge in [-0.3, -0.25) is 4.79 Å². The van der Waals surface area contributed by atoms with Crippen LogP contribution in [0.5, 0.6) is 0 Å². The van der Waals surface area contributed by atoms with E-state index >= 15 is 0 Å². The summed E-state index contributed by atoms with van der Waals surface area (Å²) in [5.74, 6) is -0.572. The van der Waals surface area contributed by atoms with Gasteiger partial charge in [0.25, 0.3) is 10.0 Å². The third kappa shape index (κ3) is 1.85. The number of sulfonamides is 1. The highest BCUT2D eigenvalue weighted by Crippen LogP contribution is 2.28. The first-order valence-corrected chi connectivity index (χ1v) is 7.20. The molecule has 1 saturated heterocycles. The smallest absolute Gasteiger partial charge is 0.253 e. The Morgan fingerprint density at radius 2 is 2.31 bits per heavy atom. The summed E-state index contributed by atoms with van der Waals surface area (Å²) in [5.41, 5.74) is 5.20.